The first-order valence-corrected chi connectivity index (χ1v) is 8.93. The van der Waals surface area contributed by atoms with Crippen LogP contribution in [0.1, 0.15) is 36.9 Å². The van der Waals surface area contributed by atoms with E-state index in [-0.39, 0.29) is 24.5 Å². The van der Waals surface area contributed by atoms with E-state index in [0.29, 0.717) is 19.4 Å². The second-order valence-electron chi connectivity index (χ2n) is 6.61. The zero-order chi connectivity index (χ0) is 18.5. The van der Waals surface area contributed by atoms with Crippen LogP contribution in [-0.2, 0) is 9.59 Å². The molecule has 1 N–H and O–H groups in total. The molecule has 0 bridgehead atoms. The molecular weight excluding hydrogens is 328 g/mol. The minimum absolute atomic E-state index is 0.00816. The molecule has 2 aromatic carbocycles. The van der Waals surface area contributed by atoms with Gasteiger partial charge in [-0.1, -0.05) is 36.4 Å². The number of hydrogen-bond donors (Lipinski definition) is 1. The summed E-state index contributed by atoms with van der Waals surface area (Å²) < 4.78 is 5.51. The van der Waals surface area contributed by atoms with Gasteiger partial charge in [0.05, 0.1) is 11.7 Å². The van der Waals surface area contributed by atoms with Crippen molar-refractivity contribution >= 4 is 17.5 Å². The minimum Gasteiger partial charge on any atom is -0.482 e. The molecule has 5 heteroatoms. The van der Waals surface area contributed by atoms with E-state index in [2.05, 4.69) is 5.32 Å². The van der Waals surface area contributed by atoms with Gasteiger partial charge >= 0.3 is 0 Å². The molecule has 0 saturated heterocycles. The summed E-state index contributed by atoms with van der Waals surface area (Å²) in [7, 11) is 0. The fourth-order valence-electron chi connectivity index (χ4n) is 3.09. The number of carbonyl (C=O) groups excluding carboxylic acids is 2. The van der Waals surface area contributed by atoms with E-state index in [1.54, 1.807) is 4.90 Å². The van der Waals surface area contributed by atoms with Gasteiger partial charge in [0.2, 0.25) is 5.91 Å². The van der Waals surface area contributed by atoms with Gasteiger partial charge < -0.3 is 15.0 Å². The Bertz CT molecular complexity index is 789. The molecule has 2 amide bonds. The van der Waals surface area contributed by atoms with Gasteiger partial charge in [-0.25, -0.2) is 0 Å². The molecule has 1 aliphatic heterocycles. The Morgan fingerprint density at radius 3 is 2.77 bits per heavy atom. The molecular formula is C21H24N2O3. The zero-order valence-electron chi connectivity index (χ0n) is 15.2. The van der Waals surface area contributed by atoms with E-state index in [0.717, 1.165) is 22.6 Å². The Balaban J connectivity index is 1.53. The Labute approximate surface area is 154 Å². The maximum atomic E-state index is 12.2. The number of nitrogens with one attached hydrogen (secondary N) is 1. The number of aryl methyl sites for hydroxylation is 1. The Morgan fingerprint density at radius 1 is 1.23 bits per heavy atom. The standard InChI is InChI=1S/C21H24N2O3/c1-15-10-11-18-19(13-15)26-14-21(25)23(18)12-6-9-20(24)22-16(2)17-7-4-3-5-8-17/h3-5,7-8,10-11,13,16H,6,9,12,14H2,1-2H3,(H,22,24). The smallest absolute Gasteiger partial charge is 0.265 e. The lowest BCUT2D eigenvalue weighted by Crippen LogP contribution is -2.39. The van der Waals surface area contributed by atoms with Gasteiger partial charge in [0.25, 0.3) is 5.91 Å². The van der Waals surface area contributed by atoms with Crippen LogP contribution in [0, 0.1) is 6.92 Å². The average Bonchev–Trinajstić information content (AvgIpc) is 2.64. The highest BCUT2D eigenvalue weighted by atomic mass is 16.5. The number of amides is 2. The Morgan fingerprint density at radius 2 is 2.00 bits per heavy atom. The van der Waals surface area contributed by atoms with Crippen molar-refractivity contribution in [3.8, 4) is 5.75 Å². The number of fused-ring (bicyclic) bond motifs is 1. The van der Waals surface area contributed by atoms with Gasteiger partial charge in [-0.15, -0.1) is 0 Å². The van der Waals surface area contributed by atoms with Crippen LogP contribution in [0.5, 0.6) is 5.75 Å². The van der Waals surface area contributed by atoms with Crippen molar-refractivity contribution in [3.63, 3.8) is 0 Å². The summed E-state index contributed by atoms with van der Waals surface area (Å²) in [5.41, 5.74) is 2.95. The molecule has 136 valence electrons. The summed E-state index contributed by atoms with van der Waals surface area (Å²) in [6.45, 7) is 4.51. The highest BCUT2D eigenvalue weighted by molar-refractivity contribution is 5.97. The average molecular weight is 352 g/mol. The summed E-state index contributed by atoms with van der Waals surface area (Å²) in [4.78, 5) is 26.1. The van der Waals surface area contributed by atoms with Gasteiger partial charge in [0.15, 0.2) is 6.61 Å². The molecule has 0 spiro atoms. The first-order valence-electron chi connectivity index (χ1n) is 8.93. The third-order valence-corrected chi connectivity index (χ3v) is 4.52. The third kappa shape index (κ3) is 4.23. The fourth-order valence-corrected chi connectivity index (χ4v) is 3.09. The molecule has 0 saturated carbocycles. The predicted octanol–water partition coefficient (Wildman–Crippen LogP) is 3.38. The largest absolute Gasteiger partial charge is 0.482 e. The number of anilines is 1. The number of rotatable bonds is 6. The van der Waals surface area contributed by atoms with Crippen molar-refractivity contribution in [3.05, 3.63) is 59.7 Å². The minimum atomic E-state index is -0.0700. The van der Waals surface area contributed by atoms with E-state index in [1.165, 1.54) is 0 Å². The van der Waals surface area contributed by atoms with Gasteiger partial charge in [0, 0.05) is 13.0 Å². The predicted molar refractivity (Wildman–Crippen MR) is 101 cm³/mol. The van der Waals surface area contributed by atoms with Crippen LogP contribution in [0.3, 0.4) is 0 Å². The van der Waals surface area contributed by atoms with Crippen molar-refractivity contribution in [2.45, 2.75) is 32.7 Å². The normalized spacial score (nSPS) is 14.4. The molecule has 0 aliphatic carbocycles. The first kappa shape index (κ1) is 18.0. The van der Waals surface area contributed by atoms with Crippen LogP contribution < -0.4 is 15.0 Å². The van der Waals surface area contributed by atoms with E-state index >= 15 is 0 Å². The molecule has 0 fully saturated rings. The Kier molecular flexibility index (Phi) is 5.56. The zero-order valence-corrected chi connectivity index (χ0v) is 15.2. The van der Waals surface area contributed by atoms with E-state index in [1.807, 2.05) is 62.4 Å². The van der Waals surface area contributed by atoms with Gasteiger partial charge in [-0.05, 0) is 43.5 Å². The summed E-state index contributed by atoms with van der Waals surface area (Å²) in [5, 5.41) is 3.00. The van der Waals surface area contributed by atoms with E-state index < -0.39 is 0 Å². The third-order valence-electron chi connectivity index (χ3n) is 4.52. The van der Waals surface area contributed by atoms with Crippen molar-refractivity contribution in [1.82, 2.24) is 5.32 Å². The van der Waals surface area contributed by atoms with Crippen LogP contribution in [0.25, 0.3) is 0 Å². The van der Waals surface area contributed by atoms with Crippen LogP contribution >= 0.6 is 0 Å². The summed E-state index contributed by atoms with van der Waals surface area (Å²) in [6, 6.07) is 15.6. The second kappa shape index (κ2) is 8.04. The number of benzene rings is 2. The molecule has 5 nitrogen and oxygen atoms in total. The van der Waals surface area contributed by atoms with Crippen LogP contribution in [0.2, 0.25) is 0 Å². The topological polar surface area (TPSA) is 58.6 Å². The molecule has 3 rings (SSSR count). The maximum Gasteiger partial charge on any atom is 0.265 e. The van der Waals surface area contributed by atoms with Crippen LogP contribution in [0.4, 0.5) is 5.69 Å². The number of nitrogens with zero attached hydrogens (tertiary/aromatic N) is 1. The molecule has 1 atom stereocenters. The van der Waals surface area contributed by atoms with Crippen LogP contribution in [-0.4, -0.2) is 25.0 Å². The quantitative estimate of drug-likeness (QED) is 0.867. The molecule has 0 radical (unpaired) electrons. The molecule has 0 aromatic heterocycles. The molecule has 2 aromatic rings. The number of carbonyl (C=O) groups is 2. The summed E-state index contributed by atoms with van der Waals surface area (Å²) in [6.07, 6.45) is 0.982. The van der Waals surface area contributed by atoms with Gasteiger partial charge in [-0.2, -0.15) is 0 Å². The van der Waals surface area contributed by atoms with Gasteiger partial charge in [-0.3, -0.25) is 9.59 Å². The molecule has 1 heterocycles. The first-order chi connectivity index (χ1) is 12.5. The lowest BCUT2D eigenvalue weighted by Gasteiger charge is -2.29. The Hall–Kier alpha value is -2.82. The SMILES string of the molecule is Cc1ccc2c(c1)OCC(=O)N2CCCC(=O)NC(C)c1ccccc1. The van der Waals surface area contributed by atoms with Gasteiger partial charge in [0.1, 0.15) is 5.75 Å². The highest BCUT2D eigenvalue weighted by Crippen LogP contribution is 2.32. The lowest BCUT2D eigenvalue weighted by atomic mass is 10.1. The summed E-state index contributed by atoms with van der Waals surface area (Å²) in [5.74, 6) is 0.650. The highest BCUT2D eigenvalue weighted by Gasteiger charge is 2.25. The number of ether oxygens (including phenoxy) is 1. The van der Waals surface area contributed by atoms with E-state index in [4.69, 9.17) is 4.74 Å². The van der Waals surface area contributed by atoms with Crippen molar-refractivity contribution < 1.29 is 14.3 Å². The second-order valence-corrected chi connectivity index (χ2v) is 6.61. The monoisotopic (exact) mass is 352 g/mol. The van der Waals surface area contributed by atoms with Crippen LogP contribution in [0.15, 0.2) is 48.5 Å². The van der Waals surface area contributed by atoms with E-state index in [9.17, 15) is 9.59 Å². The van der Waals surface area contributed by atoms with Crippen molar-refractivity contribution in [1.29, 1.82) is 0 Å². The maximum absolute atomic E-state index is 12.2. The number of hydrogen-bond acceptors (Lipinski definition) is 3. The summed E-state index contributed by atoms with van der Waals surface area (Å²) >= 11 is 0. The molecule has 1 unspecified atom stereocenters. The fraction of sp³-hybridized carbons (Fsp3) is 0.333. The van der Waals surface area contributed by atoms with Crippen molar-refractivity contribution in [2.24, 2.45) is 0 Å². The van der Waals surface area contributed by atoms with Crippen molar-refractivity contribution in [2.75, 3.05) is 18.1 Å². The molecule has 26 heavy (non-hydrogen) atoms. The lowest BCUT2D eigenvalue weighted by molar-refractivity contribution is -0.123. The molecule has 1 aliphatic rings.